The number of nitrogens with zero attached hydrogens (tertiary/aromatic N) is 3. The average Bonchev–Trinajstić information content (AvgIpc) is 2.68. The highest BCUT2D eigenvalue weighted by Gasteiger charge is 2.35. The summed E-state index contributed by atoms with van der Waals surface area (Å²) in [5, 5.41) is 9.31. The second-order valence-corrected chi connectivity index (χ2v) is 8.11. The first-order chi connectivity index (χ1) is 13.0. The van der Waals surface area contributed by atoms with Crippen LogP contribution >= 0.6 is 11.6 Å². The lowest BCUT2D eigenvalue weighted by Crippen LogP contribution is -2.56. The minimum atomic E-state index is -0.563. The molecule has 1 aromatic carbocycles. The van der Waals surface area contributed by atoms with E-state index >= 15 is 0 Å². The van der Waals surface area contributed by atoms with E-state index in [9.17, 15) is 14.3 Å². The van der Waals surface area contributed by atoms with Crippen LogP contribution in [0, 0.1) is 11.7 Å². The number of rotatable bonds is 5. The fraction of sp³-hybridized carbons (Fsp3) is 0.650. The number of piperazine rings is 1. The van der Waals surface area contributed by atoms with Crippen molar-refractivity contribution in [1.82, 2.24) is 14.7 Å². The Morgan fingerprint density at radius 1 is 1.26 bits per heavy atom. The van der Waals surface area contributed by atoms with Gasteiger partial charge in [0, 0.05) is 57.5 Å². The third-order valence-corrected chi connectivity index (χ3v) is 6.19. The fourth-order valence-electron chi connectivity index (χ4n) is 4.29. The van der Waals surface area contributed by atoms with Gasteiger partial charge in [-0.25, -0.2) is 4.39 Å². The van der Waals surface area contributed by atoms with Gasteiger partial charge >= 0.3 is 0 Å². The van der Waals surface area contributed by atoms with E-state index in [1.54, 1.807) is 6.07 Å². The van der Waals surface area contributed by atoms with Gasteiger partial charge in [0.2, 0.25) is 0 Å². The molecule has 3 rings (SSSR count). The third-order valence-electron chi connectivity index (χ3n) is 5.89. The summed E-state index contributed by atoms with van der Waals surface area (Å²) in [5.41, 5.74) is 0.343. The molecule has 0 spiro atoms. The number of aliphatic hydroxyl groups excluding tert-OH is 1. The maximum Gasteiger partial charge on any atom is 0.253 e. The summed E-state index contributed by atoms with van der Waals surface area (Å²) in [6, 6.07) is 4.68. The van der Waals surface area contributed by atoms with Crippen molar-refractivity contribution in [1.29, 1.82) is 0 Å². The zero-order valence-electron chi connectivity index (χ0n) is 15.9. The number of hydrogen-bond acceptors (Lipinski definition) is 4. The average molecular weight is 398 g/mol. The van der Waals surface area contributed by atoms with Gasteiger partial charge in [-0.1, -0.05) is 11.6 Å². The van der Waals surface area contributed by atoms with Crippen LogP contribution in [0.4, 0.5) is 4.39 Å². The quantitative estimate of drug-likeness (QED) is 0.828. The summed E-state index contributed by atoms with van der Waals surface area (Å²) in [6.07, 6.45) is 2.56. The van der Waals surface area contributed by atoms with Crippen molar-refractivity contribution in [3.63, 3.8) is 0 Å². The Morgan fingerprint density at radius 3 is 2.67 bits per heavy atom. The number of carbonyl (C=O) groups is 1. The molecule has 1 N–H and O–H groups in total. The van der Waals surface area contributed by atoms with Crippen molar-refractivity contribution in [3.8, 4) is 0 Å². The Bertz CT molecular complexity index is 652. The molecule has 0 aliphatic carbocycles. The van der Waals surface area contributed by atoms with Gasteiger partial charge in [0.25, 0.3) is 5.91 Å². The van der Waals surface area contributed by atoms with Crippen LogP contribution in [-0.4, -0.2) is 84.7 Å². The van der Waals surface area contributed by atoms with Crippen molar-refractivity contribution in [2.45, 2.75) is 25.3 Å². The molecule has 0 bridgehead atoms. The Balaban J connectivity index is 1.69. The molecule has 2 aliphatic rings. The molecule has 2 atom stereocenters. The highest BCUT2D eigenvalue weighted by molar-refractivity contribution is 6.30. The number of hydrogen-bond donors (Lipinski definition) is 1. The van der Waals surface area contributed by atoms with Crippen molar-refractivity contribution >= 4 is 17.5 Å². The molecular formula is C20H29ClFN3O2. The summed E-state index contributed by atoms with van der Waals surface area (Å²) in [4.78, 5) is 19.6. The van der Waals surface area contributed by atoms with Crippen molar-refractivity contribution in [3.05, 3.63) is 34.6 Å². The molecule has 2 fully saturated rings. The molecular weight excluding hydrogens is 369 g/mol. The minimum Gasteiger partial charge on any atom is -0.396 e. The number of likely N-dealkylation sites (N-methyl/N-ethyl adjacent to an activating group) is 1. The molecule has 27 heavy (non-hydrogen) atoms. The highest BCUT2D eigenvalue weighted by Crippen LogP contribution is 2.28. The van der Waals surface area contributed by atoms with Gasteiger partial charge in [-0.2, -0.15) is 0 Å². The SMILES string of the molecule is CN1CCN([C@@H]2CCN(C(=O)c3ccc(Cl)c(F)c3)C[C@@H]2CCCO)CC1. The Kier molecular flexibility index (Phi) is 7.09. The maximum absolute atomic E-state index is 13.7. The van der Waals surface area contributed by atoms with Gasteiger partial charge in [0.1, 0.15) is 5.82 Å². The van der Waals surface area contributed by atoms with E-state index < -0.39 is 5.82 Å². The summed E-state index contributed by atoms with van der Waals surface area (Å²) in [7, 11) is 2.15. The second-order valence-electron chi connectivity index (χ2n) is 7.70. The van der Waals surface area contributed by atoms with E-state index in [-0.39, 0.29) is 17.5 Å². The van der Waals surface area contributed by atoms with Crippen LogP contribution in [0.25, 0.3) is 0 Å². The normalized spacial score (nSPS) is 25.0. The standard InChI is InChI=1S/C20H29ClFN3O2/c1-23-8-10-24(11-9-23)19-6-7-25(14-16(19)3-2-12-26)20(27)15-4-5-17(21)18(22)13-15/h4-5,13,16,19,26H,2-3,6-12,14H2,1H3/t16-,19+/m0/s1. The molecule has 5 nitrogen and oxygen atoms in total. The van der Waals surface area contributed by atoms with Gasteiger partial charge in [-0.15, -0.1) is 0 Å². The third kappa shape index (κ3) is 4.99. The number of aliphatic hydroxyl groups is 1. The predicted octanol–water partition coefficient (Wildman–Crippen LogP) is 2.33. The van der Waals surface area contributed by atoms with Crippen LogP contribution < -0.4 is 0 Å². The molecule has 0 saturated carbocycles. The minimum absolute atomic E-state index is 0.0288. The lowest BCUT2D eigenvalue weighted by atomic mass is 9.86. The van der Waals surface area contributed by atoms with Crippen molar-refractivity contribution in [2.24, 2.45) is 5.92 Å². The summed E-state index contributed by atoms with van der Waals surface area (Å²) in [6.45, 7) is 5.73. The zero-order valence-corrected chi connectivity index (χ0v) is 16.7. The van der Waals surface area contributed by atoms with Gasteiger partial charge in [0.05, 0.1) is 5.02 Å². The van der Waals surface area contributed by atoms with Crippen molar-refractivity contribution in [2.75, 3.05) is 52.9 Å². The first-order valence-electron chi connectivity index (χ1n) is 9.77. The first kappa shape index (κ1) is 20.5. The van der Waals surface area contributed by atoms with E-state index in [0.717, 1.165) is 45.4 Å². The van der Waals surface area contributed by atoms with E-state index in [1.165, 1.54) is 12.1 Å². The molecule has 2 heterocycles. The molecule has 2 aliphatic heterocycles. The highest BCUT2D eigenvalue weighted by atomic mass is 35.5. The van der Waals surface area contributed by atoms with Crippen LogP contribution in [0.1, 0.15) is 29.6 Å². The summed E-state index contributed by atoms with van der Waals surface area (Å²) >= 11 is 5.73. The number of halogens is 2. The summed E-state index contributed by atoms with van der Waals surface area (Å²) in [5.74, 6) is -0.376. The van der Waals surface area contributed by atoms with E-state index in [0.29, 0.717) is 30.6 Å². The van der Waals surface area contributed by atoms with Gasteiger partial charge in [-0.05, 0) is 50.4 Å². The molecule has 1 aromatic rings. The molecule has 0 radical (unpaired) electrons. The monoisotopic (exact) mass is 397 g/mol. The largest absolute Gasteiger partial charge is 0.396 e. The topological polar surface area (TPSA) is 47.0 Å². The molecule has 1 amide bonds. The summed E-state index contributed by atoms with van der Waals surface area (Å²) < 4.78 is 13.7. The Hall–Kier alpha value is -1.21. The van der Waals surface area contributed by atoms with E-state index in [4.69, 9.17) is 11.6 Å². The second kappa shape index (κ2) is 9.32. The van der Waals surface area contributed by atoms with E-state index in [2.05, 4.69) is 16.8 Å². The lowest BCUT2D eigenvalue weighted by molar-refractivity contribution is 0.0217. The van der Waals surface area contributed by atoms with Crippen molar-refractivity contribution < 1.29 is 14.3 Å². The molecule has 150 valence electrons. The van der Waals surface area contributed by atoms with Crippen LogP contribution in [0.5, 0.6) is 0 Å². The number of carbonyl (C=O) groups excluding carboxylic acids is 1. The molecule has 7 heteroatoms. The van der Waals surface area contributed by atoms with Crippen LogP contribution in [0.3, 0.4) is 0 Å². The molecule has 2 saturated heterocycles. The Morgan fingerprint density at radius 2 is 2.00 bits per heavy atom. The van der Waals surface area contributed by atoms with Crippen LogP contribution in [0.2, 0.25) is 5.02 Å². The fourth-order valence-corrected chi connectivity index (χ4v) is 4.41. The van der Waals surface area contributed by atoms with Crippen LogP contribution in [0.15, 0.2) is 18.2 Å². The predicted molar refractivity (Wildman–Crippen MR) is 105 cm³/mol. The molecule has 0 unspecified atom stereocenters. The van der Waals surface area contributed by atoms with Gasteiger partial charge in [-0.3, -0.25) is 9.69 Å². The number of benzene rings is 1. The number of amides is 1. The number of piperidine rings is 1. The van der Waals surface area contributed by atoms with Crippen LogP contribution in [-0.2, 0) is 0 Å². The smallest absolute Gasteiger partial charge is 0.253 e. The maximum atomic E-state index is 13.7. The number of likely N-dealkylation sites (tertiary alicyclic amines) is 1. The van der Waals surface area contributed by atoms with Gasteiger partial charge < -0.3 is 14.9 Å². The molecule has 0 aromatic heterocycles. The first-order valence-corrected chi connectivity index (χ1v) is 10.1. The van der Waals surface area contributed by atoms with E-state index in [1.807, 2.05) is 4.90 Å². The van der Waals surface area contributed by atoms with Gasteiger partial charge in [0.15, 0.2) is 0 Å². The zero-order chi connectivity index (χ0) is 19.4. The lowest BCUT2D eigenvalue weighted by Gasteiger charge is -2.46. The Labute approximate surface area is 165 Å².